The van der Waals surface area contributed by atoms with Crippen LogP contribution in [0.15, 0.2) is 18.5 Å². The Labute approximate surface area is 91.5 Å². The number of aromatic nitrogens is 2. The Morgan fingerprint density at radius 3 is 2.93 bits per heavy atom. The summed E-state index contributed by atoms with van der Waals surface area (Å²) in [5.74, 6) is 0. The molecule has 2 N–H and O–H groups in total. The van der Waals surface area contributed by atoms with Crippen molar-refractivity contribution in [3.63, 3.8) is 0 Å². The summed E-state index contributed by atoms with van der Waals surface area (Å²) in [6, 6.07) is 2.45. The molecule has 4 heteroatoms. The van der Waals surface area contributed by atoms with Crippen LogP contribution in [-0.4, -0.2) is 29.3 Å². The maximum absolute atomic E-state index is 3.83. The molecule has 0 saturated carbocycles. The topological polar surface area (TPSA) is 49.8 Å². The molecule has 0 spiro atoms. The van der Waals surface area contributed by atoms with E-state index >= 15 is 0 Å². The van der Waals surface area contributed by atoms with Gasteiger partial charge in [0.05, 0.1) is 6.20 Å². The summed E-state index contributed by atoms with van der Waals surface area (Å²) >= 11 is 0. The van der Waals surface area contributed by atoms with E-state index in [1.165, 1.54) is 12.0 Å². The van der Waals surface area contributed by atoms with Gasteiger partial charge in [-0.15, -0.1) is 0 Å². The van der Waals surface area contributed by atoms with Crippen LogP contribution in [0.3, 0.4) is 0 Å². The molecule has 1 rings (SSSR count). The van der Waals surface area contributed by atoms with Crippen LogP contribution in [0.4, 0.5) is 0 Å². The molecule has 0 bridgehead atoms. The molecule has 0 aliphatic carbocycles. The van der Waals surface area contributed by atoms with Gasteiger partial charge >= 0.3 is 0 Å². The van der Waals surface area contributed by atoms with Crippen molar-refractivity contribution in [2.45, 2.75) is 32.9 Å². The molecule has 1 atom stereocenters. The lowest BCUT2D eigenvalue weighted by Gasteiger charge is -2.14. The molecule has 84 valence electrons. The first-order valence-electron chi connectivity index (χ1n) is 5.52. The third kappa shape index (κ3) is 5.44. The van der Waals surface area contributed by atoms with Gasteiger partial charge in [0.25, 0.3) is 0 Å². The molecule has 0 saturated heterocycles. The summed E-state index contributed by atoms with van der Waals surface area (Å²) in [7, 11) is 0. The van der Waals surface area contributed by atoms with Gasteiger partial charge in [-0.3, -0.25) is 0 Å². The molecule has 4 nitrogen and oxygen atoms in total. The molecule has 1 aromatic rings. The molecule has 1 unspecified atom stereocenters. The quantitative estimate of drug-likeness (QED) is 0.655. The zero-order valence-electron chi connectivity index (χ0n) is 9.53. The molecule has 15 heavy (non-hydrogen) atoms. The molecule has 0 aliphatic heterocycles. The standard InChI is InChI=1S/C11H20N4/c1-3-5-12-7-10(2)13-8-11-4-6-14-15-9-11/h4,6,9-10,12-13H,3,5,7-8H2,1-2H3. The summed E-state index contributed by atoms with van der Waals surface area (Å²) in [5.41, 5.74) is 1.17. The van der Waals surface area contributed by atoms with E-state index < -0.39 is 0 Å². The SMILES string of the molecule is CCCNCC(C)NCc1ccnnc1. The van der Waals surface area contributed by atoms with E-state index in [0.29, 0.717) is 6.04 Å². The molecule has 0 amide bonds. The van der Waals surface area contributed by atoms with Crippen LogP contribution < -0.4 is 10.6 Å². The van der Waals surface area contributed by atoms with Crippen LogP contribution in [0.5, 0.6) is 0 Å². The van der Waals surface area contributed by atoms with Gasteiger partial charge in [0.15, 0.2) is 0 Å². The van der Waals surface area contributed by atoms with Crippen LogP contribution in [0.25, 0.3) is 0 Å². The van der Waals surface area contributed by atoms with Gasteiger partial charge < -0.3 is 10.6 Å². The Bertz CT molecular complexity index is 250. The predicted molar refractivity (Wildman–Crippen MR) is 61.5 cm³/mol. The summed E-state index contributed by atoms with van der Waals surface area (Å²) in [4.78, 5) is 0. The van der Waals surface area contributed by atoms with Gasteiger partial charge in [-0.1, -0.05) is 6.92 Å². The maximum atomic E-state index is 3.83. The Morgan fingerprint density at radius 2 is 2.27 bits per heavy atom. The van der Waals surface area contributed by atoms with Gasteiger partial charge in [-0.05, 0) is 31.5 Å². The first kappa shape index (κ1) is 12.1. The minimum absolute atomic E-state index is 0.477. The normalized spacial score (nSPS) is 12.7. The van der Waals surface area contributed by atoms with E-state index in [9.17, 15) is 0 Å². The van der Waals surface area contributed by atoms with Crippen molar-refractivity contribution in [3.8, 4) is 0 Å². The monoisotopic (exact) mass is 208 g/mol. The summed E-state index contributed by atoms with van der Waals surface area (Å²) in [6.45, 7) is 7.30. The predicted octanol–water partition coefficient (Wildman–Crippen LogP) is 0.954. The lowest BCUT2D eigenvalue weighted by atomic mass is 10.2. The van der Waals surface area contributed by atoms with Crippen LogP contribution in [0.1, 0.15) is 25.8 Å². The summed E-state index contributed by atoms with van der Waals surface area (Å²) in [6.07, 6.45) is 4.69. The third-order valence-electron chi connectivity index (χ3n) is 2.18. The third-order valence-corrected chi connectivity index (χ3v) is 2.18. The van der Waals surface area contributed by atoms with Crippen LogP contribution >= 0.6 is 0 Å². The Morgan fingerprint density at radius 1 is 1.40 bits per heavy atom. The van der Waals surface area contributed by atoms with Crippen molar-refractivity contribution >= 4 is 0 Å². The highest BCUT2D eigenvalue weighted by Crippen LogP contribution is 1.93. The average Bonchev–Trinajstić information content (AvgIpc) is 2.28. The number of rotatable bonds is 7. The Kier molecular flexibility index (Phi) is 5.88. The molecular weight excluding hydrogens is 188 g/mol. The molecule has 1 heterocycles. The lowest BCUT2D eigenvalue weighted by Crippen LogP contribution is -2.36. The zero-order valence-corrected chi connectivity index (χ0v) is 9.53. The van der Waals surface area contributed by atoms with Crippen molar-refractivity contribution < 1.29 is 0 Å². The molecule has 0 aromatic carbocycles. The summed E-state index contributed by atoms with van der Waals surface area (Å²) < 4.78 is 0. The van der Waals surface area contributed by atoms with E-state index in [-0.39, 0.29) is 0 Å². The van der Waals surface area contributed by atoms with E-state index in [4.69, 9.17) is 0 Å². The van der Waals surface area contributed by atoms with E-state index in [2.05, 4.69) is 34.7 Å². The van der Waals surface area contributed by atoms with Gasteiger partial charge in [0, 0.05) is 25.3 Å². The Balaban J connectivity index is 2.14. The van der Waals surface area contributed by atoms with Gasteiger partial charge in [-0.2, -0.15) is 10.2 Å². The minimum atomic E-state index is 0.477. The zero-order chi connectivity index (χ0) is 10.9. The number of nitrogens with one attached hydrogen (secondary N) is 2. The highest BCUT2D eigenvalue weighted by atomic mass is 15.1. The van der Waals surface area contributed by atoms with Gasteiger partial charge in [0.2, 0.25) is 0 Å². The first-order chi connectivity index (χ1) is 7.33. The second-order valence-electron chi connectivity index (χ2n) is 3.74. The van der Waals surface area contributed by atoms with Crippen LogP contribution in [-0.2, 0) is 6.54 Å². The number of nitrogens with zero attached hydrogens (tertiary/aromatic N) is 2. The second-order valence-corrected chi connectivity index (χ2v) is 3.74. The van der Waals surface area contributed by atoms with Crippen molar-refractivity contribution in [1.82, 2.24) is 20.8 Å². The second kappa shape index (κ2) is 7.31. The van der Waals surface area contributed by atoms with Crippen LogP contribution in [0.2, 0.25) is 0 Å². The molecule has 0 aliphatic rings. The minimum Gasteiger partial charge on any atom is -0.315 e. The highest BCUT2D eigenvalue weighted by molar-refractivity contribution is 5.04. The fraction of sp³-hybridized carbons (Fsp3) is 0.636. The van der Waals surface area contributed by atoms with E-state index in [1.54, 1.807) is 12.4 Å². The maximum Gasteiger partial charge on any atom is 0.0541 e. The largest absolute Gasteiger partial charge is 0.315 e. The number of hydrogen-bond donors (Lipinski definition) is 2. The van der Waals surface area contributed by atoms with Crippen molar-refractivity contribution in [2.75, 3.05) is 13.1 Å². The van der Waals surface area contributed by atoms with E-state index in [0.717, 1.165) is 19.6 Å². The smallest absolute Gasteiger partial charge is 0.0541 e. The molecule has 0 radical (unpaired) electrons. The average molecular weight is 208 g/mol. The fourth-order valence-corrected chi connectivity index (χ4v) is 1.28. The number of hydrogen-bond acceptors (Lipinski definition) is 4. The van der Waals surface area contributed by atoms with Gasteiger partial charge in [0.1, 0.15) is 0 Å². The highest BCUT2D eigenvalue weighted by Gasteiger charge is 2.00. The fourth-order valence-electron chi connectivity index (χ4n) is 1.28. The Hall–Kier alpha value is -1.00. The van der Waals surface area contributed by atoms with Crippen molar-refractivity contribution in [1.29, 1.82) is 0 Å². The summed E-state index contributed by atoms with van der Waals surface area (Å²) in [5, 5.41) is 14.4. The van der Waals surface area contributed by atoms with Crippen molar-refractivity contribution in [2.24, 2.45) is 0 Å². The molecular formula is C11H20N4. The molecule has 0 fully saturated rings. The first-order valence-corrected chi connectivity index (χ1v) is 5.52. The lowest BCUT2D eigenvalue weighted by molar-refractivity contribution is 0.500. The molecule has 1 aromatic heterocycles. The van der Waals surface area contributed by atoms with Crippen molar-refractivity contribution in [3.05, 3.63) is 24.0 Å². The van der Waals surface area contributed by atoms with Crippen LogP contribution in [0, 0.1) is 0 Å². The van der Waals surface area contributed by atoms with E-state index in [1.807, 2.05) is 6.07 Å². The van der Waals surface area contributed by atoms with Gasteiger partial charge in [-0.25, -0.2) is 0 Å².